The molecule has 1 fully saturated rings. The van der Waals surface area contributed by atoms with Crippen molar-refractivity contribution in [2.24, 2.45) is 0 Å². The van der Waals surface area contributed by atoms with Crippen molar-refractivity contribution in [2.75, 3.05) is 13.1 Å². The number of hydrogen-bond acceptors (Lipinski definition) is 4. The van der Waals surface area contributed by atoms with Crippen molar-refractivity contribution in [3.05, 3.63) is 71.9 Å². The van der Waals surface area contributed by atoms with Gasteiger partial charge in [-0.3, -0.25) is 9.78 Å². The SMILES string of the molecule is O=C(c1ccc(F)cc1)N1CCC[C@H](c2nc(-c3ccc(F)cn3)co2)C1. The lowest BCUT2D eigenvalue weighted by molar-refractivity contribution is 0.0698. The fourth-order valence-electron chi connectivity index (χ4n) is 3.26. The first-order valence-electron chi connectivity index (χ1n) is 8.72. The number of hydrogen-bond donors (Lipinski definition) is 0. The highest BCUT2D eigenvalue weighted by atomic mass is 19.1. The third-order valence-corrected chi connectivity index (χ3v) is 4.66. The third-order valence-electron chi connectivity index (χ3n) is 4.66. The Balaban J connectivity index is 1.49. The van der Waals surface area contributed by atoms with Gasteiger partial charge in [-0.05, 0) is 49.2 Å². The van der Waals surface area contributed by atoms with E-state index < -0.39 is 5.82 Å². The summed E-state index contributed by atoms with van der Waals surface area (Å²) in [5.41, 5.74) is 1.52. The topological polar surface area (TPSA) is 59.2 Å². The summed E-state index contributed by atoms with van der Waals surface area (Å²) < 4.78 is 31.7. The maximum absolute atomic E-state index is 13.1. The highest BCUT2D eigenvalue weighted by Crippen LogP contribution is 2.29. The zero-order valence-corrected chi connectivity index (χ0v) is 14.4. The van der Waals surface area contributed by atoms with E-state index in [0.29, 0.717) is 35.9 Å². The van der Waals surface area contributed by atoms with Gasteiger partial charge in [0.2, 0.25) is 0 Å². The quantitative estimate of drug-likeness (QED) is 0.699. The van der Waals surface area contributed by atoms with Crippen LogP contribution in [-0.4, -0.2) is 33.9 Å². The number of benzene rings is 1. The molecular formula is C20H17F2N3O2. The molecule has 0 N–H and O–H groups in total. The van der Waals surface area contributed by atoms with Gasteiger partial charge in [0.25, 0.3) is 5.91 Å². The van der Waals surface area contributed by atoms with Gasteiger partial charge in [-0.2, -0.15) is 0 Å². The van der Waals surface area contributed by atoms with Crippen molar-refractivity contribution < 1.29 is 18.0 Å². The number of nitrogens with zero attached hydrogens (tertiary/aromatic N) is 3. The van der Waals surface area contributed by atoms with Crippen molar-refractivity contribution in [3.8, 4) is 11.4 Å². The number of aromatic nitrogens is 2. The van der Waals surface area contributed by atoms with Crippen LogP contribution in [0.5, 0.6) is 0 Å². The van der Waals surface area contributed by atoms with Crippen LogP contribution in [0.4, 0.5) is 8.78 Å². The maximum atomic E-state index is 13.1. The second-order valence-electron chi connectivity index (χ2n) is 6.53. The minimum absolute atomic E-state index is 0.0302. The average Bonchev–Trinajstić information content (AvgIpc) is 3.19. The Morgan fingerprint density at radius 3 is 2.59 bits per heavy atom. The number of likely N-dealkylation sites (tertiary alicyclic amines) is 1. The number of oxazole rings is 1. The van der Waals surface area contributed by atoms with E-state index in [-0.39, 0.29) is 17.6 Å². The van der Waals surface area contributed by atoms with E-state index in [4.69, 9.17) is 4.42 Å². The van der Waals surface area contributed by atoms with Gasteiger partial charge in [0.05, 0.1) is 17.8 Å². The van der Waals surface area contributed by atoms with E-state index >= 15 is 0 Å². The zero-order valence-electron chi connectivity index (χ0n) is 14.4. The Morgan fingerprint density at radius 1 is 1.07 bits per heavy atom. The molecule has 0 spiro atoms. The van der Waals surface area contributed by atoms with Gasteiger partial charge in [0.1, 0.15) is 23.6 Å². The minimum atomic E-state index is -0.412. The molecule has 1 amide bonds. The largest absolute Gasteiger partial charge is 0.448 e. The molecule has 2 aromatic heterocycles. The molecule has 138 valence electrons. The fourth-order valence-corrected chi connectivity index (χ4v) is 3.26. The number of amides is 1. The number of rotatable bonds is 3. The molecular weight excluding hydrogens is 352 g/mol. The van der Waals surface area contributed by atoms with Gasteiger partial charge < -0.3 is 9.32 Å². The first-order chi connectivity index (χ1) is 13.1. The van der Waals surface area contributed by atoms with Crippen LogP contribution >= 0.6 is 0 Å². The van der Waals surface area contributed by atoms with Crippen LogP contribution < -0.4 is 0 Å². The summed E-state index contributed by atoms with van der Waals surface area (Å²) in [4.78, 5) is 22.9. The molecule has 1 aromatic carbocycles. The van der Waals surface area contributed by atoms with Gasteiger partial charge >= 0.3 is 0 Å². The van der Waals surface area contributed by atoms with Crippen molar-refractivity contribution in [3.63, 3.8) is 0 Å². The number of pyridine rings is 1. The normalized spacial score (nSPS) is 17.1. The molecule has 1 atom stereocenters. The molecule has 5 nitrogen and oxygen atoms in total. The molecule has 1 aliphatic heterocycles. The maximum Gasteiger partial charge on any atom is 0.253 e. The first-order valence-corrected chi connectivity index (χ1v) is 8.72. The van der Waals surface area contributed by atoms with E-state index in [1.165, 1.54) is 36.6 Å². The number of carbonyl (C=O) groups excluding carboxylic acids is 1. The Bertz CT molecular complexity index is 939. The van der Waals surface area contributed by atoms with Crippen LogP contribution in [0.3, 0.4) is 0 Å². The summed E-state index contributed by atoms with van der Waals surface area (Å²) in [6.45, 7) is 1.12. The molecule has 4 rings (SSSR count). The second-order valence-corrected chi connectivity index (χ2v) is 6.53. The summed E-state index contributed by atoms with van der Waals surface area (Å²) >= 11 is 0. The smallest absolute Gasteiger partial charge is 0.253 e. The molecule has 0 bridgehead atoms. The van der Waals surface area contributed by atoms with E-state index in [0.717, 1.165) is 19.0 Å². The Kier molecular flexibility index (Phi) is 4.66. The van der Waals surface area contributed by atoms with Gasteiger partial charge in [-0.25, -0.2) is 13.8 Å². The van der Waals surface area contributed by atoms with Crippen molar-refractivity contribution in [1.29, 1.82) is 0 Å². The van der Waals surface area contributed by atoms with Crippen LogP contribution in [0.15, 0.2) is 53.3 Å². The summed E-state index contributed by atoms with van der Waals surface area (Å²) in [5.74, 6) is -0.411. The molecule has 0 aliphatic carbocycles. The number of halogens is 2. The fraction of sp³-hybridized carbons (Fsp3) is 0.250. The van der Waals surface area contributed by atoms with Gasteiger partial charge in [-0.15, -0.1) is 0 Å². The van der Waals surface area contributed by atoms with Crippen molar-refractivity contribution in [1.82, 2.24) is 14.9 Å². The molecule has 0 saturated carbocycles. The summed E-state index contributed by atoms with van der Waals surface area (Å²) in [6, 6.07) is 8.41. The number of carbonyl (C=O) groups is 1. The Hall–Kier alpha value is -3.09. The first kappa shape index (κ1) is 17.3. The van der Waals surface area contributed by atoms with E-state index in [1.54, 1.807) is 11.0 Å². The standard InChI is InChI=1S/C20H17F2N3O2/c21-15-5-3-13(4-6-15)20(26)25-9-1-2-14(11-25)19-24-18(12-27-19)17-8-7-16(22)10-23-17/h3-8,10,12,14H,1-2,9,11H2/t14-/m0/s1. The summed E-state index contributed by atoms with van der Waals surface area (Å²) in [6.07, 6.45) is 4.30. The van der Waals surface area contributed by atoms with Crippen LogP contribution in [-0.2, 0) is 0 Å². The zero-order chi connectivity index (χ0) is 18.8. The van der Waals surface area contributed by atoms with Gasteiger partial charge in [0, 0.05) is 18.7 Å². The minimum Gasteiger partial charge on any atom is -0.448 e. The van der Waals surface area contributed by atoms with E-state index in [9.17, 15) is 13.6 Å². The van der Waals surface area contributed by atoms with Crippen LogP contribution in [0.1, 0.15) is 35.0 Å². The predicted molar refractivity (Wildman–Crippen MR) is 94.0 cm³/mol. The van der Waals surface area contributed by atoms with E-state index in [1.807, 2.05) is 0 Å². The second kappa shape index (κ2) is 7.26. The molecule has 1 saturated heterocycles. The van der Waals surface area contributed by atoms with Crippen LogP contribution in [0, 0.1) is 11.6 Å². The molecule has 3 heterocycles. The molecule has 1 aliphatic rings. The van der Waals surface area contributed by atoms with Gasteiger partial charge in [-0.1, -0.05) is 0 Å². The van der Waals surface area contributed by atoms with Crippen LogP contribution in [0.2, 0.25) is 0 Å². The highest BCUT2D eigenvalue weighted by Gasteiger charge is 2.28. The Labute approximate surface area is 154 Å². The molecule has 7 heteroatoms. The monoisotopic (exact) mass is 369 g/mol. The highest BCUT2D eigenvalue weighted by molar-refractivity contribution is 5.94. The lowest BCUT2D eigenvalue weighted by Gasteiger charge is -2.31. The van der Waals surface area contributed by atoms with Crippen LogP contribution in [0.25, 0.3) is 11.4 Å². The molecule has 27 heavy (non-hydrogen) atoms. The van der Waals surface area contributed by atoms with Gasteiger partial charge in [0.15, 0.2) is 5.89 Å². The lowest BCUT2D eigenvalue weighted by atomic mass is 9.97. The third kappa shape index (κ3) is 3.72. The molecule has 0 unspecified atom stereocenters. The predicted octanol–water partition coefficient (Wildman–Crippen LogP) is 4.03. The summed E-state index contributed by atoms with van der Waals surface area (Å²) in [5, 5.41) is 0. The molecule has 3 aromatic rings. The average molecular weight is 369 g/mol. The Morgan fingerprint density at radius 2 is 1.85 bits per heavy atom. The molecule has 0 radical (unpaired) electrons. The summed E-state index contributed by atoms with van der Waals surface area (Å²) in [7, 11) is 0. The van der Waals surface area contributed by atoms with Crippen molar-refractivity contribution >= 4 is 5.91 Å². The van der Waals surface area contributed by atoms with E-state index in [2.05, 4.69) is 9.97 Å². The van der Waals surface area contributed by atoms with Crippen molar-refractivity contribution in [2.45, 2.75) is 18.8 Å². The number of piperidine rings is 1. The lowest BCUT2D eigenvalue weighted by Crippen LogP contribution is -2.39.